The van der Waals surface area contributed by atoms with Crippen molar-refractivity contribution in [3.05, 3.63) is 42.5 Å². The molecule has 1 atom stereocenters. The molecule has 0 amide bonds. The maximum absolute atomic E-state index is 12.3. The van der Waals surface area contributed by atoms with Crippen LogP contribution < -0.4 is 10.0 Å². The molecule has 0 spiro atoms. The van der Waals surface area contributed by atoms with Crippen LogP contribution in [0, 0.1) is 0 Å². The van der Waals surface area contributed by atoms with Crippen LogP contribution in [-0.2, 0) is 10.0 Å². The third kappa shape index (κ3) is 3.43. The number of fused-ring (bicyclic) bond motifs is 1. The quantitative estimate of drug-likeness (QED) is 0.891. The molecule has 1 saturated heterocycles. The molecule has 5 heteroatoms. The van der Waals surface area contributed by atoms with Gasteiger partial charge in [-0.25, -0.2) is 13.1 Å². The van der Waals surface area contributed by atoms with Gasteiger partial charge in [-0.2, -0.15) is 0 Å². The smallest absolute Gasteiger partial charge is 0.240 e. The first-order valence-electron chi connectivity index (χ1n) is 7.37. The number of hydrogen-bond donors (Lipinski definition) is 2. The molecular formula is C16H20N2O2S. The van der Waals surface area contributed by atoms with Gasteiger partial charge >= 0.3 is 0 Å². The van der Waals surface area contributed by atoms with Crippen LogP contribution in [0.15, 0.2) is 47.4 Å². The molecule has 0 bridgehead atoms. The predicted octanol–water partition coefficient (Wildman–Crippen LogP) is 2.26. The molecule has 4 nitrogen and oxygen atoms in total. The van der Waals surface area contributed by atoms with Crippen molar-refractivity contribution in [3.63, 3.8) is 0 Å². The molecule has 2 N–H and O–H groups in total. The number of rotatable bonds is 5. The molecule has 3 rings (SSSR count). The van der Waals surface area contributed by atoms with Crippen molar-refractivity contribution in [2.75, 3.05) is 13.1 Å². The van der Waals surface area contributed by atoms with E-state index in [9.17, 15) is 8.42 Å². The zero-order valence-electron chi connectivity index (χ0n) is 11.9. The van der Waals surface area contributed by atoms with Crippen molar-refractivity contribution in [2.24, 2.45) is 0 Å². The lowest BCUT2D eigenvalue weighted by Gasteiger charge is -2.11. The van der Waals surface area contributed by atoms with Gasteiger partial charge in [0.2, 0.25) is 10.0 Å². The van der Waals surface area contributed by atoms with Crippen molar-refractivity contribution in [3.8, 4) is 0 Å². The van der Waals surface area contributed by atoms with Crippen LogP contribution in [0.1, 0.15) is 19.3 Å². The van der Waals surface area contributed by atoms with Gasteiger partial charge in [-0.05, 0) is 48.7 Å². The van der Waals surface area contributed by atoms with Gasteiger partial charge in [0.15, 0.2) is 0 Å². The average molecular weight is 304 g/mol. The molecule has 0 aliphatic carbocycles. The summed E-state index contributed by atoms with van der Waals surface area (Å²) in [5.41, 5.74) is 0. The van der Waals surface area contributed by atoms with Crippen LogP contribution in [0.5, 0.6) is 0 Å². The monoisotopic (exact) mass is 304 g/mol. The third-order valence-corrected chi connectivity index (χ3v) is 5.44. The number of hydrogen-bond acceptors (Lipinski definition) is 3. The van der Waals surface area contributed by atoms with Crippen molar-refractivity contribution in [1.29, 1.82) is 0 Å². The first-order valence-corrected chi connectivity index (χ1v) is 8.85. The van der Waals surface area contributed by atoms with E-state index in [1.807, 2.05) is 30.3 Å². The Morgan fingerprint density at radius 2 is 1.95 bits per heavy atom. The van der Waals surface area contributed by atoms with Crippen LogP contribution >= 0.6 is 0 Å². The summed E-state index contributed by atoms with van der Waals surface area (Å²) in [6, 6.07) is 13.5. The van der Waals surface area contributed by atoms with E-state index in [-0.39, 0.29) is 0 Å². The summed E-state index contributed by atoms with van der Waals surface area (Å²) < 4.78 is 27.3. The molecule has 1 aliphatic rings. The topological polar surface area (TPSA) is 58.2 Å². The van der Waals surface area contributed by atoms with E-state index in [2.05, 4.69) is 10.0 Å². The Hall–Kier alpha value is -1.43. The van der Waals surface area contributed by atoms with Gasteiger partial charge in [0.05, 0.1) is 4.90 Å². The summed E-state index contributed by atoms with van der Waals surface area (Å²) >= 11 is 0. The zero-order chi connectivity index (χ0) is 14.7. The first kappa shape index (κ1) is 14.5. The van der Waals surface area contributed by atoms with Crippen LogP contribution in [0.3, 0.4) is 0 Å². The molecule has 2 aromatic carbocycles. The summed E-state index contributed by atoms with van der Waals surface area (Å²) in [5.74, 6) is 0. The highest BCUT2D eigenvalue weighted by Crippen LogP contribution is 2.19. The van der Waals surface area contributed by atoms with E-state index in [0.29, 0.717) is 17.5 Å². The Balaban J connectivity index is 1.70. The Morgan fingerprint density at radius 3 is 2.71 bits per heavy atom. The second kappa shape index (κ2) is 6.13. The fourth-order valence-corrected chi connectivity index (χ4v) is 3.87. The van der Waals surface area contributed by atoms with Gasteiger partial charge in [0.1, 0.15) is 0 Å². The average Bonchev–Trinajstić information content (AvgIpc) is 3.00. The lowest BCUT2D eigenvalue weighted by molar-refractivity contribution is 0.539. The molecule has 1 aliphatic heterocycles. The van der Waals surface area contributed by atoms with Crippen LogP contribution in [0.25, 0.3) is 10.8 Å². The molecule has 112 valence electrons. The minimum atomic E-state index is -3.42. The van der Waals surface area contributed by atoms with Gasteiger partial charge in [-0.15, -0.1) is 0 Å². The maximum atomic E-state index is 12.3. The Kier molecular flexibility index (Phi) is 4.24. The summed E-state index contributed by atoms with van der Waals surface area (Å²) in [6.45, 7) is 1.52. The van der Waals surface area contributed by atoms with Gasteiger partial charge in [-0.3, -0.25) is 0 Å². The highest BCUT2D eigenvalue weighted by molar-refractivity contribution is 7.89. The summed E-state index contributed by atoms with van der Waals surface area (Å²) in [5, 5.41) is 5.36. The summed E-state index contributed by atoms with van der Waals surface area (Å²) in [6.07, 6.45) is 3.16. The van der Waals surface area contributed by atoms with Gasteiger partial charge in [-0.1, -0.05) is 30.3 Å². The first-order chi connectivity index (χ1) is 10.1. The largest absolute Gasteiger partial charge is 0.314 e. The third-order valence-electron chi connectivity index (χ3n) is 3.98. The van der Waals surface area contributed by atoms with E-state index < -0.39 is 10.0 Å². The highest BCUT2D eigenvalue weighted by atomic mass is 32.2. The molecule has 21 heavy (non-hydrogen) atoms. The van der Waals surface area contributed by atoms with Crippen molar-refractivity contribution in [1.82, 2.24) is 10.0 Å². The molecule has 1 unspecified atom stereocenters. The molecule has 0 saturated carbocycles. The molecule has 0 radical (unpaired) electrons. The highest BCUT2D eigenvalue weighted by Gasteiger charge is 2.17. The molecule has 2 aromatic rings. The fourth-order valence-electron chi connectivity index (χ4n) is 2.79. The summed E-state index contributed by atoms with van der Waals surface area (Å²) in [4.78, 5) is 0.334. The van der Waals surface area contributed by atoms with Crippen molar-refractivity contribution < 1.29 is 8.42 Å². The van der Waals surface area contributed by atoms with Crippen molar-refractivity contribution in [2.45, 2.75) is 30.2 Å². The number of benzene rings is 2. The second-order valence-electron chi connectivity index (χ2n) is 5.49. The maximum Gasteiger partial charge on any atom is 0.240 e. The normalized spacial score (nSPS) is 19.1. The molecule has 0 aromatic heterocycles. The van der Waals surface area contributed by atoms with E-state index in [1.165, 1.54) is 6.42 Å². The van der Waals surface area contributed by atoms with Gasteiger partial charge in [0, 0.05) is 12.6 Å². The van der Waals surface area contributed by atoms with Crippen LogP contribution in [0.4, 0.5) is 0 Å². The fraction of sp³-hybridized carbons (Fsp3) is 0.375. The number of sulfonamides is 1. The molecular weight excluding hydrogens is 284 g/mol. The minimum absolute atomic E-state index is 0.334. The van der Waals surface area contributed by atoms with E-state index in [0.717, 1.165) is 30.2 Å². The lowest BCUT2D eigenvalue weighted by atomic mass is 10.1. The van der Waals surface area contributed by atoms with E-state index in [1.54, 1.807) is 12.1 Å². The Bertz CT molecular complexity index is 722. The second-order valence-corrected chi connectivity index (χ2v) is 7.26. The SMILES string of the molecule is O=S(=O)(NCCC1CCCN1)c1ccc2ccccc2c1. The van der Waals surface area contributed by atoms with Crippen LogP contribution in [0.2, 0.25) is 0 Å². The van der Waals surface area contributed by atoms with E-state index >= 15 is 0 Å². The van der Waals surface area contributed by atoms with Crippen molar-refractivity contribution >= 4 is 20.8 Å². The number of nitrogens with one attached hydrogen (secondary N) is 2. The van der Waals surface area contributed by atoms with Gasteiger partial charge < -0.3 is 5.32 Å². The Morgan fingerprint density at radius 1 is 1.14 bits per heavy atom. The standard InChI is InChI=1S/C16H20N2O2S/c19-21(20,18-11-9-15-6-3-10-17-15)16-8-7-13-4-1-2-5-14(13)12-16/h1-2,4-5,7-8,12,15,17-18H,3,6,9-11H2. The zero-order valence-corrected chi connectivity index (χ0v) is 12.7. The Labute approximate surface area is 125 Å². The van der Waals surface area contributed by atoms with Gasteiger partial charge in [0.25, 0.3) is 0 Å². The lowest BCUT2D eigenvalue weighted by Crippen LogP contribution is -2.30. The molecule has 1 fully saturated rings. The van der Waals surface area contributed by atoms with Crippen LogP contribution in [-0.4, -0.2) is 27.5 Å². The minimum Gasteiger partial charge on any atom is -0.314 e. The predicted molar refractivity (Wildman–Crippen MR) is 84.8 cm³/mol. The molecule has 1 heterocycles. The summed E-state index contributed by atoms with van der Waals surface area (Å²) in [7, 11) is -3.42. The van der Waals surface area contributed by atoms with E-state index in [4.69, 9.17) is 0 Å².